The van der Waals surface area contributed by atoms with Gasteiger partial charge < -0.3 is 25.0 Å². The summed E-state index contributed by atoms with van der Waals surface area (Å²) >= 11 is 12.8. The largest absolute Gasteiger partial charge is 0.507 e. The van der Waals surface area contributed by atoms with E-state index in [0.717, 1.165) is 57.8 Å². The molecule has 0 bridgehead atoms. The van der Waals surface area contributed by atoms with Crippen molar-refractivity contribution in [2.24, 2.45) is 5.41 Å². The Kier molecular flexibility index (Phi) is 6.59. The monoisotopic (exact) mass is 605 g/mol. The minimum absolute atomic E-state index is 0.00597. The number of fused-ring (bicyclic) bond motifs is 6. The number of aryl methyl sites for hydroxylation is 1. The van der Waals surface area contributed by atoms with Crippen LogP contribution in [0.5, 0.6) is 11.5 Å². The summed E-state index contributed by atoms with van der Waals surface area (Å²) in [6.07, 6.45) is 4.90. The lowest BCUT2D eigenvalue weighted by molar-refractivity contribution is -0.134. The molecule has 42 heavy (non-hydrogen) atoms. The summed E-state index contributed by atoms with van der Waals surface area (Å²) in [5.41, 5.74) is 4.46. The van der Waals surface area contributed by atoms with E-state index in [1.54, 1.807) is 21.9 Å². The molecule has 0 radical (unpaired) electrons. The average molecular weight is 607 g/mol. The van der Waals surface area contributed by atoms with Crippen LogP contribution in [0.2, 0.25) is 0 Å². The van der Waals surface area contributed by atoms with E-state index in [-0.39, 0.29) is 41.6 Å². The molecule has 3 aromatic carbocycles. The van der Waals surface area contributed by atoms with E-state index in [4.69, 9.17) is 23.2 Å². The number of aromatic amines is 1. The van der Waals surface area contributed by atoms with Gasteiger partial charge in [0.25, 0.3) is 0 Å². The molecular weight excluding hydrogens is 573 g/mol. The molecule has 2 atom stereocenters. The molecule has 0 saturated heterocycles. The van der Waals surface area contributed by atoms with Gasteiger partial charge in [0.05, 0.1) is 22.3 Å². The first kappa shape index (κ1) is 27.4. The highest BCUT2D eigenvalue weighted by atomic mass is 35.5. The molecule has 0 unspecified atom stereocenters. The van der Waals surface area contributed by atoms with Gasteiger partial charge in [0, 0.05) is 72.2 Å². The maximum absolute atomic E-state index is 14.3. The van der Waals surface area contributed by atoms with E-state index >= 15 is 0 Å². The van der Waals surface area contributed by atoms with Gasteiger partial charge in [-0.3, -0.25) is 9.59 Å². The molecule has 3 heterocycles. The van der Waals surface area contributed by atoms with Crippen molar-refractivity contribution in [1.29, 1.82) is 0 Å². The summed E-state index contributed by atoms with van der Waals surface area (Å²) in [4.78, 5) is 34.7. The predicted octanol–water partition coefficient (Wildman–Crippen LogP) is 7.03. The second-order valence-corrected chi connectivity index (χ2v) is 12.8. The Bertz CT molecular complexity index is 1760. The number of carbonyl (C=O) groups excluding carboxylic acids is 2. The van der Waals surface area contributed by atoms with Crippen molar-refractivity contribution in [3.05, 3.63) is 59.3 Å². The van der Waals surface area contributed by atoms with Crippen LogP contribution in [0.25, 0.3) is 21.7 Å². The van der Waals surface area contributed by atoms with Crippen molar-refractivity contribution in [1.82, 2.24) is 4.98 Å². The van der Waals surface area contributed by atoms with E-state index in [1.807, 2.05) is 37.4 Å². The zero-order chi connectivity index (χ0) is 29.3. The number of anilines is 2. The number of carbonyl (C=O) groups is 2. The number of hydrogen-bond acceptors (Lipinski definition) is 4. The molecule has 9 heteroatoms. The van der Waals surface area contributed by atoms with Crippen molar-refractivity contribution in [3.63, 3.8) is 0 Å². The number of amides is 2. The quantitative estimate of drug-likeness (QED) is 0.205. The number of nitrogens with one attached hydrogen (secondary N) is 1. The minimum Gasteiger partial charge on any atom is -0.507 e. The lowest BCUT2D eigenvalue weighted by Crippen LogP contribution is -2.48. The molecule has 2 aliphatic heterocycles. The van der Waals surface area contributed by atoms with E-state index in [9.17, 15) is 19.8 Å². The van der Waals surface area contributed by atoms with Gasteiger partial charge in [0.15, 0.2) is 0 Å². The number of H-pyrrole nitrogens is 1. The summed E-state index contributed by atoms with van der Waals surface area (Å²) in [6, 6.07) is 11.0. The van der Waals surface area contributed by atoms with Crippen LogP contribution in [0.3, 0.4) is 0 Å². The molecule has 0 spiro atoms. The van der Waals surface area contributed by atoms with Crippen molar-refractivity contribution < 1.29 is 19.8 Å². The van der Waals surface area contributed by atoms with Crippen LogP contribution in [0.4, 0.5) is 11.4 Å². The highest BCUT2D eigenvalue weighted by Crippen LogP contribution is 2.52. The zero-order valence-electron chi connectivity index (χ0n) is 23.4. The number of rotatable bonds is 6. The molecule has 218 valence electrons. The van der Waals surface area contributed by atoms with E-state index in [0.29, 0.717) is 42.5 Å². The summed E-state index contributed by atoms with van der Waals surface area (Å²) in [7, 11) is 0. The Morgan fingerprint density at radius 1 is 0.952 bits per heavy atom. The average Bonchev–Trinajstić information content (AvgIpc) is 3.65. The first-order valence-electron chi connectivity index (χ1n) is 14.6. The fraction of sp³-hybridized carbons (Fsp3) is 0.394. The number of halogens is 2. The Morgan fingerprint density at radius 3 is 2.29 bits per heavy atom. The van der Waals surface area contributed by atoms with E-state index < -0.39 is 5.41 Å². The third-order valence-corrected chi connectivity index (χ3v) is 10.6. The summed E-state index contributed by atoms with van der Waals surface area (Å²) in [5, 5.41) is 24.2. The van der Waals surface area contributed by atoms with Crippen LogP contribution in [-0.2, 0) is 9.59 Å². The molecule has 3 aliphatic rings. The Hall–Kier alpha value is -3.42. The van der Waals surface area contributed by atoms with Gasteiger partial charge in [-0.15, -0.1) is 23.2 Å². The number of phenolic OH excluding ortho intramolecular Hbond substituents is 2. The number of aromatic nitrogens is 1. The first-order chi connectivity index (χ1) is 20.3. The highest BCUT2D eigenvalue weighted by Gasteiger charge is 2.49. The number of aromatic hydroxyl groups is 2. The number of phenols is 2. The van der Waals surface area contributed by atoms with Crippen LogP contribution in [-0.4, -0.2) is 51.9 Å². The number of benzene rings is 3. The fourth-order valence-electron chi connectivity index (χ4n) is 7.57. The molecule has 1 fully saturated rings. The molecule has 2 amide bonds. The van der Waals surface area contributed by atoms with Gasteiger partial charge in [-0.05, 0) is 48.3 Å². The van der Waals surface area contributed by atoms with Gasteiger partial charge >= 0.3 is 0 Å². The standard InChI is InChI=1S/C33H33Cl2N3O4/c1-18-15-36-31-26(40)12-24-30(28(18)31)20(14-35)17-38(24)32(42)33(8-4-9-33)10-7-27(41)37-16-19(13-34)29-22-6-3-2-5-21(22)25(39)11-23(29)37/h2-3,5-6,11-12,15,19-20,36,39-40H,4,7-10,13-14,16-17H2,1H3/t19-,20-/m1/s1. The molecule has 7 nitrogen and oxygen atoms in total. The maximum Gasteiger partial charge on any atom is 0.233 e. The van der Waals surface area contributed by atoms with Crippen LogP contribution >= 0.6 is 23.2 Å². The van der Waals surface area contributed by atoms with Crippen LogP contribution in [0.15, 0.2) is 42.6 Å². The summed E-state index contributed by atoms with van der Waals surface area (Å²) in [5.74, 6) is 0.838. The van der Waals surface area contributed by atoms with Gasteiger partial charge in [0.1, 0.15) is 11.5 Å². The Labute approximate surface area is 254 Å². The summed E-state index contributed by atoms with van der Waals surface area (Å²) in [6.45, 7) is 2.90. The smallest absolute Gasteiger partial charge is 0.233 e. The van der Waals surface area contributed by atoms with Crippen LogP contribution in [0.1, 0.15) is 60.6 Å². The minimum atomic E-state index is -0.633. The van der Waals surface area contributed by atoms with Crippen LogP contribution in [0, 0.1) is 12.3 Å². The number of nitrogens with zero attached hydrogens (tertiary/aromatic N) is 2. The summed E-state index contributed by atoms with van der Waals surface area (Å²) < 4.78 is 0. The lowest BCUT2D eigenvalue weighted by atomic mass is 9.65. The predicted molar refractivity (Wildman–Crippen MR) is 167 cm³/mol. The molecule has 1 aliphatic carbocycles. The third-order valence-electron chi connectivity index (χ3n) is 9.90. The molecule has 1 saturated carbocycles. The number of alkyl halides is 2. The van der Waals surface area contributed by atoms with Crippen LogP contribution < -0.4 is 9.80 Å². The SMILES string of the molecule is Cc1c[nH]c2c(O)cc3c(c12)[C@H](CCl)CN3C(=O)C1(CCC(=O)N2C[C@@H](CCl)c3c2cc(O)c2ccccc32)CCC1. The normalized spacial score (nSPS) is 20.6. The molecule has 3 N–H and O–H groups in total. The maximum atomic E-state index is 14.3. The molecular formula is C33H33Cl2N3O4. The lowest BCUT2D eigenvalue weighted by Gasteiger charge is -2.43. The molecule has 7 rings (SSSR count). The first-order valence-corrected chi connectivity index (χ1v) is 15.7. The second-order valence-electron chi connectivity index (χ2n) is 12.2. The third kappa shape index (κ3) is 3.93. The van der Waals surface area contributed by atoms with Gasteiger partial charge in [0.2, 0.25) is 11.8 Å². The van der Waals surface area contributed by atoms with Crippen molar-refractivity contribution in [2.45, 2.75) is 50.9 Å². The van der Waals surface area contributed by atoms with E-state index in [1.165, 1.54) is 0 Å². The fourth-order valence-corrected chi connectivity index (χ4v) is 8.08. The van der Waals surface area contributed by atoms with Crippen molar-refractivity contribution in [2.75, 3.05) is 34.6 Å². The molecule has 4 aromatic rings. The topological polar surface area (TPSA) is 96.9 Å². The van der Waals surface area contributed by atoms with Crippen molar-refractivity contribution >= 4 is 68.1 Å². The van der Waals surface area contributed by atoms with Gasteiger partial charge in [-0.25, -0.2) is 0 Å². The van der Waals surface area contributed by atoms with E-state index in [2.05, 4.69) is 4.98 Å². The number of hydrogen-bond donors (Lipinski definition) is 3. The molecule has 1 aromatic heterocycles. The Balaban J connectivity index is 1.16. The van der Waals surface area contributed by atoms with Gasteiger partial charge in [-0.2, -0.15) is 0 Å². The second kappa shape index (κ2) is 10.1. The zero-order valence-corrected chi connectivity index (χ0v) is 24.9. The Morgan fingerprint density at radius 2 is 1.60 bits per heavy atom. The van der Waals surface area contributed by atoms with Crippen molar-refractivity contribution in [3.8, 4) is 11.5 Å². The highest BCUT2D eigenvalue weighted by molar-refractivity contribution is 6.19. The van der Waals surface area contributed by atoms with Gasteiger partial charge in [-0.1, -0.05) is 30.7 Å².